The number of anilines is 1. The molecule has 0 spiro atoms. The highest BCUT2D eigenvalue weighted by Crippen LogP contribution is 2.30. The molecule has 1 N–H and O–H groups in total. The van der Waals surface area contributed by atoms with Crippen molar-refractivity contribution in [1.82, 2.24) is 0 Å². The number of amides is 1. The van der Waals surface area contributed by atoms with E-state index in [4.69, 9.17) is 20.8 Å². The molecule has 9 heteroatoms. The SMILES string of the molecule is O=C(COc1ccc2c(-c3ccc([N+](=O)[O-])cc3)cc(=O)oc2c1)Nc1cccc(Cl)c1. The van der Waals surface area contributed by atoms with Gasteiger partial charge < -0.3 is 14.5 Å². The van der Waals surface area contributed by atoms with Gasteiger partial charge >= 0.3 is 5.63 Å². The van der Waals surface area contributed by atoms with Crippen LogP contribution in [0.1, 0.15) is 0 Å². The van der Waals surface area contributed by atoms with Crippen LogP contribution >= 0.6 is 11.6 Å². The van der Waals surface area contributed by atoms with E-state index in [1.54, 1.807) is 48.5 Å². The van der Waals surface area contributed by atoms with Crippen LogP contribution in [0.4, 0.5) is 11.4 Å². The second-order valence-corrected chi connectivity index (χ2v) is 7.22. The number of carbonyl (C=O) groups is 1. The molecule has 0 saturated heterocycles. The Morgan fingerprint density at radius 1 is 1.06 bits per heavy atom. The fourth-order valence-electron chi connectivity index (χ4n) is 3.15. The molecule has 0 aliphatic heterocycles. The zero-order chi connectivity index (χ0) is 22.7. The molecular formula is C23H15ClN2O6. The largest absolute Gasteiger partial charge is 0.484 e. The van der Waals surface area contributed by atoms with Crippen LogP contribution in [0, 0.1) is 10.1 Å². The summed E-state index contributed by atoms with van der Waals surface area (Å²) >= 11 is 5.90. The normalized spacial score (nSPS) is 10.7. The lowest BCUT2D eigenvalue weighted by Crippen LogP contribution is -2.20. The van der Waals surface area contributed by atoms with Crippen molar-refractivity contribution in [2.75, 3.05) is 11.9 Å². The van der Waals surface area contributed by atoms with Gasteiger partial charge in [-0.1, -0.05) is 17.7 Å². The predicted octanol–water partition coefficient (Wildman–Crippen LogP) is 5.04. The van der Waals surface area contributed by atoms with Crippen molar-refractivity contribution in [3.05, 3.63) is 98.4 Å². The molecule has 1 aromatic heterocycles. The van der Waals surface area contributed by atoms with Gasteiger partial charge in [0.05, 0.1) is 4.92 Å². The number of hydrogen-bond acceptors (Lipinski definition) is 6. The van der Waals surface area contributed by atoms with Gasteiger partial charge in [-0.15, -0.1) is 0 Å². The van der Waals surface area contributed by atoms with Crippen molar-refractivity contribution in [2.45, 2.75) is 0 Å². The Kier molecular flexibility index (Phi) is 5.87. The van der Waals surface area contributed by atoms with Gasteiger partial charge in [-0.05, 0) is 53.6 Å². The number of nitrogens with one attached hydrogen (secondary N) is 1. The number of hydrogen-bond donors (Lipinski definition) is 1. The summed E-state index contributed by atoms with van der Waals surface area (Å²) in [6.07, 6.45) is 0. The Morgan fingerprint density at radius 2 is 1.84 bits per heavy atom. The van der Waals surface area contributed by atoms with E-state index in [0.29, 0.717) is 33.0 Å². The van der Waals surface area contributed by atoms with Gasteiger partial charge in [0.15, 0.2) is 6.61 Å². The summed E-state index contributed by atoms with van der Waals surface area (Å²) in [5.41, 5.74) is 1.37. The van der Waals surface area contributed by atoms with Gasteiger partial charge in [0, 0.05) is 40.4 Å². The summed E-state index contributed by atoms with van der Waals surface area (Å²) in [5.74, 6) is -0.0452. The van der Waals surface area contributed by atoms with Crippen LogP contribution in [0.3, 0.4) is 0 Å². The minimum atomic E-state index is -0.582. The quantitative estimate of drug-likeness (QED) is 0.250. The summed E-state index contributed by atoms with van der Waals surface area (Å²) in [5, 5.41) is 14.7. The molecule has 0 radical (unpaired) electrons. The second kappa shape index (κ2) is 8.91. The van der Waals surface area contributed by atoms with Crippen molar-refractivity contribution in [3.8, 4) is 16.9 Å². The summed E-state index contributed by atoms with van der Waals surface area (Å²) in [6.45, 7) is -0.260. The topological polar surface area (TPSA) is 112 Å². The zero-order valence-electron chi connectivity index (χ0n) is 16.4. The third-order valence-electron chi connectivity index (χ3n) is 4.58. The maximum absolute atomic E-state index is 12.1. The van der Waals surface area contributed by atoms with Crippen molar-refractivity contribution >= 4 is 39.9 Å². The summed E-state index contributed by atoms with van der Waals surface area (Å²) in [7, 11) is 0. The molecule has 0 aliphatic rings. The first kappa shape index (κ1) is 21.1. The number of ether oxygens (including phenoxy) is 1. The fraction of sp³-hybridized carbons (Fsp3) is 0.0435. The number of nitro benzene ring substituents is 1. The van der Waals surface area contributed by atoms with Crippen molar-refractivity contribution in [2.24, 2.45) is 0 Å². The standard InChI is InChI=1S/C23H15ClN2O6/c24-15-2-1-3-16(10-15)25-22(27)13-31-18-8-9-19-20(12-23(28)32-21(19)11-18)14-4-6-17(7-5-14)26(29)30/h1-12H,13H2,(H,25,27). The number of non-ortho nitro benzene ring substituents is 1. The van der Waals surface area contributed by atoms with E-state index in [1.165, 1.54) is 24.3 Å². The minimum absolute atomic E-state index is 0.0484. The maximum atomic E-state index is 12.1. The molecule has 0 bridgehead atoms. The Labute approximate surface area is 186 Å². The number of nitrogens with zero attached hydrogens (tertiary/aromatic N) is 1. The molecule has 1 amide bonds. The molecule has 1 heterocycles. The maximum Gasteiger partial charge on any atom is 0.336 e. The van der Waals surface area contributed by atoms with Crippen LogP contribution < -0.4 is 15.7 Å². The number of fused-ring (bicyclic) bond motifs is 1. The van der Waals surface area contributed by atoms with E-state index < -0.39 is 10.5 Å². The van der Waals surface area contributed by atoms with E-state index in [9.17, 15) is 19.7 Å². The number of benzene rings is 3. The van der Waals surface area contributed by atoms with Crippen LogP contribution in [-0.2, 0) is 4.79 Å². The number of nitro groups is 1. The predicted molar refractivity (Wildman–Crippen MR) is 120 cm³/mol. The van der Waals surface area contributed by atoms with Gasteiger partial charge in [-0.2, -0.15) is 0 Å². The van der Waals surface area contributed by atoms with Gasteiger partial charge in [0.2, 0.25) is 0 Å². The van der Waals surface area contributed by atoms with E-state index in [0.717, 1.165) is 0 Å². The Bertz CT molecular complexity index is 1380. The average Bonchev–Trinajstić information content (AvgIpc) is 2.77. The molecule has 4 rings (SSSR count). The van der Waals surface area contributed by atoms with Crippen LogP contribution in [0.25, 0.3) is 22.1 Å². The third-order valence-corrected chi connectivity index (χ3v) is 4.82. The molecule has 0 fully saturated rings. The molecule has 32 heavy (non-hydrogen) atoms. The molecule has 0 atom stereocenters. The van der Waals surface area contributed by atoms with Crippen molar-refractivity contribution < 1.29 is 18.9 Å². The third kappa shape index (κ3) is 4.76. The van der Waals surface area contributed by atoms with E-state index in [2.05, 4.69) is 5.32 Å². The molecule has 4 aromatic rings. The molecule has 3 aromatic carbocycles. The molecule has 0 saturated carbocycles. The number of halogens is 1. The van der Waals surface area contributed by atoms with E-state index >= 15 is 0 Å². The fourth-order valence-corrected chi connectivity index (χ4v) is 3.34. The van der Waals surface area contributed by atoms with E-state index in [1.807, 2.05) is 0 Å². The Hall–Kier alpha value is -4.17. The Morgan fingerprint density at radius 3 is 2.56 bits per heavy atom. The van der Waals surface area contributed by atoms with Crippen LogP contribution in [0.5, 0.6) is 5.75 Å². The van der Waals surface area contributed by atoms with Crippen molar-refractivity contribution in [3.63, 3.8) is 0 Å². The average molecular weight is 451 g/mol. The molecule has 8 nitrogen and oxygen atoms in total. The lowest BCUT2D eigenvalue weighted by molar-refractivity contribution is -0.384. The lowest BCUT2D eigenvalue weighted by Gasteiger charge is -2.10. The monoisotopic (exact) mass is 450 g/mol. The summed E-state index contributed by atoms with van der Waals surface area (Å²) in [4.78, 5) is 34.6. The highest BCUT2D eigenvalue weighted by molar-refractivity contribution is 6.30. The first-order valence-corrected chi connectivity index (χ1v) is 9.78. The summed E-state index contributed by atoms with van der Waals surface area (Å²) < 4.78 is 10.8. The lowest BCUT2D eigenvalue weighted by atomic mass is 10.0. The van der Waals surface area contributed by atoms with Gasteiger partial charge in [-0.25, -0.2) is 4.79 Å². The van der Waals surface area contributed by atoms with Gasteiger partial charge in [0.1, 0.15) is 11.3 Å². The number of rotatable bonds is 6. The first-order valence-electron chi connectivity index (χ1n) is 9.40. The molecular weight excluding hydrogens is 436 g/mol. The summed E-state index contributed by atoms with van der Waals surface area (Å²) in [6, 6.07) is 18.8. The highest BCUT2D eigenvalue weighted by Gasteiger charge is 2.12. The highest BCUT2D eigenvalue weighted by atomic mass is 35.5. The van der Waals surface area contributed by atoms with Crippen LogP contribution in [0.15, 0.2) is 82.0 Å². The van der Waals surface area contributed by atoms with Gasteiger partial charge in [0.25, 0.3) is 11.6 Å². The molecule has 160 valence electrons. The van der Waals surface area contributed by atoms with E-state index in [-0.39, 0.29) is 23.8 Å². The van der Waals surface area contributed by atoms with Crippen molar-refractivity contribution in [1.29, 1.82) is 0 Å². The zero-order valence-corrected chi connectivity index (χ0v) is 17.2. The Balaban J connectivity index is 1.54. The molecule has 0 aliphatic carbocycles. The van der Waals surface area contributed by atoms with Crippen LogP contribution in [-0.4, -0.2) is 17.4 Å². The van der Waals surface area contributed by atoms with Gasteiger partial charge in [-0.3, -0.25) is 14.9 Å². The number of carbonyl (C=O) groups excluding carboxylic acids is 1. The van der Waals surface area contributed by atoms with Crippen LogP contribution in [0.2, 0.25) is 5.02 Å². The smallest absolute Gasteiger partial charge is 0.336 e. The minimum Gasteiger partial charge on any atom is -0.484 e. The second-order valence-electron chi connectivity index (χ2n) is 6.79. The first-order chi connectivity index (χ1) is 15.4. The molecule has 0 unspecified atom stereocenters.